The minimum atomic E-state index is -4.00. The maximum atomic E-state index is 13.1. The highest BCUT2D eigenvalue weighted by atomic mass is 32.2. The average Bonchev–Trinajstić information content (AvgIpc) is 3.44. The SMILES string of the molecule is O=C(NS(=O)(=O)c1ccccc1)c1ccc2c(c1)nc(-c1ccc3nc(-c4ccccc4)ccc3c1)n2C1CCCCC1. The first-order chi connectivity index (χ1) is 21.0. The van der Waals surface area contributed by atoms with E-state index in [2.05, 4.69) is 39.6 Å². The first-order valence-corrected chi connectivity index (χ1v) is 16.1. The molecule has 8 heteroatoms. The molecule has 2 heterocycles. The minimum absolute atomic E-state index is 0.0370. The largest absolute Gasteiger partial charge is 0.321 e. The zero-order valence-corrected chi connectivity index (χ0v) is 24.3. The van der Waals surface area contributed by atoms with Crippen molar-refractivity contribution in [1.29, 1.82) is 0 Å². The lowest BCUT2D eigenvalue weighted by Gasteiger charge is -2.25. The first-order valence-electron chi connectivity index (χ1n) is 14.6. The molecule has 1 aliphatic rings. The summed E-state index contributed by atoms with van der Waals surface area (Å²) in [6, 6.07) is 33.9. The number of aromatic nitrogens is 3. The number of carbonyl (C=O) groups excluding carboxylic acids is 1. The Morgan fingerprint density at radius 2 is 1.47 bits per heavy atom. The number of nitrogens with zero attached hydrogens (tertiary/aromatic N) is 3. The molecule has 0 atom stereocenters. The van der Waals surface area contributed by atoms with E-state index in [1.165, 1.54) is 18.6 Å². The van der Waals surface area contributed by atoms with Gasteiger partial charge in [0.1, 0.15) is 5.82 Å². The maximum absolute atomic E-state index is 13.1. The third-order valence-electron chi connectivity index (χ3n) is 8.19. The fourth-order valence-electron chi connectivity index (χ4n) is 6.03. The Balaban J connectivity index is 1.28. The molecule has 43 heavy (non-hydrogen) atoms. The van der Waals surface area contributed by atoms with Crippen LogP contribution in [0, 0.1) is 0 Å². The Labute approximate surface area is 250 Å². The second kappa shape index (κ2) is 11.1. The summed E-state index contributed by atoms with van der Waals surface area (Å²) in [4.78, 5) is 23.1. The summed E-state index contributed by atoms with van der Waals surface area (Å²) in [6.45, 7) is 0. The highest BCUT2D eigenvalue weighted by Gasteiger charge is 2.24. The molecule has 1 saturated carbocycles. The van der Waals surface area contributed by atoms with E-state index in [-0.39, 0.29) is 10.5 Å². The van der Waals surface area contributed by atoms with Crippen LogP contribution < -0.4 is 4.72 Å². The smallest absolute Gasteiger partial charge is 0.265 e. The van der Waals surface area contributed by atoms with E-state index in [0.717, 1.165) is 64.7 Å². The summed E-state index contributed by atoms with van der Waals surface area (Å²) in [6.07, 6.45) is 5.66. The van der Waals surface area contributed by atoms with Crippen LogP contribution in [0.5, 0.6) is 0 Å². The minimum Gasteiger partial charge on any atom is -0.321 e. The molecule has 4 aromatic carbocycles. The van der Waals surface area contributed by atoms with E-state index >= 15 is 0 Å². The summed E-state index contributed by atoms with van der Waals surface area (Å²) >= 11 is 0. The first kappa shape index (κ1) is 27.0. The van der Waals surface area contributed by atoms with Crippen molar-refractivity contribution in [1.82, 2.24) is 19.3 Å². The Bertz CT molecular complexity index is 2070. The van der Waals surface area contributed by atoms with Crippen molar-refractivity contribution < 1.29 is 13.2 Å². The van der Waals surface area contributed by atoms with Gasteiger partial charge < -0.3 is 4.57 Å². The molecule has 7 nitrogen and oxygen atoms in total. The lowest BCUT2D eigenvalue weighted by molar-refractivity contribution is 0.0981. The van der Waals surface area contributed by atoms with Gasteiger partial charge in [-0.15, -0.1) is 0 Å². The number of nitrogens with one attached hydrogen (secondary N) is 1. The molecule has 0 saturated heterocycles. The number of sulfonamides is 1. The van der Waals surface area contributed by atoms with Gasteiger partial charge in [-0.05, 0) is 67.4 Å². The van der Waals surface area contributed by atoms with E-state index < -0.39 is 15.9 Å². The lowest BCUT2D eigenvalue weighted by Crippen LogP contribution is -2.30. The number of benzene rings is 4. The Kier molecular flexibility index (Phi) is 6.99. The number of amides is 1. The second-order valence-corrected chi connectivity index (χ2v) is 12.7. The molecule has 7 rings (SSSR count). The van der Waals surface area contributed by atoms with Crippen LogP contribution in [0.15, 0.2) is 114 Å². The quantitative estimate of drug-likeness (QED) is 0.218. The number of hydrogen-bond donors (Lipinski definition) is 1. The van der Waals surface area contributed by atoms with Gasteiger partial charge in [-0.25, -0.2) is 23.1 Å². The highest BCUT2D eigenvalue weighted by molar-refractivity contribution is 7.90. The van der Waals surface area contributed by atoms with Gasteiger partial charge in [0.25, 0.3) is 15.9 Å². The summed E-state index contributed by atoms with van der Waals surface area (Å²) in [7, 11) is -4.00. The van der Waals surface area contributed by atoms with Gasteiger partial charge >= 0.3 is 0 Å². The monoisotopic (exact) mass is 586 g/mol. The molecule has 0 bridgehead atoms. The van der Waals surface area contributed by atoms with Gasteiger partial charge in [0.15, 0.2) is 0 Å². The van der Waals surface area contributed by atoms with Crippen LogP contribution in [0.2, 0.25) is 0 Å². The fraction of sp³-hybridized carbons (Fsp3) is 0.171. The predicted molar refractivity (Wildman–Crippen MR) is 169 cm³/mol. The molecule has 1 aliphatic carbocycles. The zero-order valence-electron chi connectivity index (χ0n) is 23.5. The van der Waals surface area contributed by atoms with Crippen LogP contribution in [0.25, 0.3) is 44.6 Å². The third kappa shape index (κ3) is 5.30. The van der Waals surface area contributed by atoms with Crippen molar-refractivity contribution in [3.05, 3.63) is 115 Å². The molecule has 2 aromatic heterocycles. The number of pyridine rings is 1. The average molecular weight is 587 g/mol. The van der Waals surface area contributed by atoms with E-state index in [4.69, 9.17) is 9.97 Å². The van der Waals surface area contributed by atoms with Gasteiger partial charge in [-0.3, -0.25) is 4.79 Å². The second-order valence-electron chi connectivity index (χ2n) is 11.0. The Morgan fingerprint density at radius 3 is 2.23 bits per heavy atom. The molecule has 6 aromatic rings. The zero-order chi connectivity index (χ0) is 29.4. The summed E-state index contributed by atoms with van der Waals surface area (Å²) in [5.41, 5.74) is 5.71. The van der Waals surface area contributed by atoms with Gasteiger partial charge in [-0.2, -0.15) is 0 Å². The number of imidazole rings is 1. The van der Waals surface area contributed by atoms with Gasteiger partial charge in [-0.1, -0.05) is 73.9 Å². The summed E-state index contributed by atoms with van der Waals surface area (Å²) in [5.74, 6) is 0.149. The van der Waals surface area contributed by atoms with Crippen LogP contribution in [-0.2, 0) is 10.0 Å². The molecule has 0 radical (unpaired) electrons. The summed E-state index contributed by atoms with van der Waals surface area (Å²) in [5, 5.41) is 1.02. The normalized spacial score (nSPS) is 14.2. The molecule has 0 aliphatic heterocycles. The molecule has 1 fully saturated rings. The molecule has 0 unspecified atom stereocenters. The Hall–Kier alpha value is -4.82. The van der Waals surface area contributed by atoms with E-state index in [1.807, 2.05) is 36.4 Å². The molecular formula is C35H30N4O3S. The van der Waals surface area contributed by atoms with Crippen LogP contribution in [0.3, 0.4) is 0 Å². The number of fused-ring (bicyclic) bond motifs is 2. The number of rotatable bonds is 6. The number of hydrogen-bond acceptors (Lipinski definition) is 5. The van der Waals surface area contributed by atoms with E-state index in [9.17, 15) is 13.2 Å². The fourth-order valence-corrected chi connectivity index (χ4v) is 7.02. The van der Waals surface area contributed by atoms with Crippen molar-refractivity contribution in [2.24, 2.45) is 0 Å². The van der Waals surface area contributed by atoms with Crippen LogP contribution in [0.1, 0.15) is 48.5 Å². The highest BCUT2D eigenvalue weighted by Crippen LogP contribution is 2.37. The topological polar surface area (TPSA) is 93.9 Å². The van der Waals surface area contributed by atoms with Crippen molar-refractivity contribution in [3.8, 4) is 22.6 Å². The van der Waals surface area contributed by atoms with Crippen molar-refractivity contribution >= 4 is 37.9 Å². The maximum Gasteiger partial charge on any atom is 0.265 e. The van der Waals surface area contributed by atoms with Crippen molar-refractivity contribution in [3.63, 3.8) is 0 Å². The molecule has 1 amide bonds. The number of carbonyl (C=O) groups is 1. The van der Waals surface area contributed by atoms with Crippen molar-refractivity contribution in [2.75, 3.05) is 0 Å². The predicted octanol–water partition coefficient (Wildman–Crippen LogP) is 7.54. The molecule has 214 valence electrons. The lowest BCUT2D eigenvalue weighted by atomic mass is 9.94. The van der Waals surface area contributed by atoms with Crippen molar-refractivity contribution in [2.45, 2.75) is 43.0 Å². The Morgan fingerprint density at radius 1 is 0.721 bits per heavy atom. The van der Waals surface area contributed by atoms with Gasteiger partial charge in [0.05, 0.1) is 27.1 Å². The van der Waals surface area contributed by atoms with E-state index in [0.29, 0.717) is 11.6 Å². The molecule has 0 spiro atoms. The third-order valence-corrected chi connectivity index (χ3v) is 9.54. The summed E-state index contributed by atoms with van der Waals surface area (Å²) < 4.78 is 30.1. The van der Waals surface area contributed by atoms with Crippen LogP contribution in [0.4, 0.5) is 0 Å². The standard InChI is InChI=1S/C35H30N4O3S/c40-35(38-43(41,42)29-14-8-3-9-15-29)27-18-21-33-32(23-27)37-34(39(33)28-12-6-2-7-13-28)26-17-20-31-25(22-26)16-19-30(36-31)24-10-4-1-5-11-24/h1,3-5,8-11,14-23,28H,2,6-7,12-13H2,(H,38,40). The van der Waals surface area contributed by atoms with Crippen LogP contribution in [-0.4, -0.2) is 28.9 Å². The molecular weight excluding hydrogens is 556 g/mol. The van der Waals surface area contributed by atoms with Crippen LogP contribution >= 0.6 is 0 Å². The van der Waals surface area contributed by atoms with Gasteiger partial charge in [0.2, 0.25) is 0 Å². The van der Waals surface area contributed by atoms with Gasteiger partial charge in [0, 0.05) is 28.1 Å². The van der Waals surface area contributed by atoms with E-state index in [1.54, 1.807) is 30.3 Å². The molecule has 1 N–H and O–H groups in total.